The summed E-state index contributed by atoms with van der Waals surface area (Å²) in [7, 11) is 1.53. The Morgan fingerprint density at radius 3 is 2.41 bits per heavy atom. The van der Waals surface area contributed by atoms with Gasteiger partial charge in [0.1, 0.15) is 17.3 Å². The first-order valence-corrected chi connectivity index (χ1v) is 10.00. The Balaban J connectivity index is 1.72. The van der Waals surface area contributed by atoms with Gasteiger partial charge >= 0.3 is 6.18 Å². The Kier molecular flexibility index (Phi) is 5.88. The van der Waals surface area contributed by atoms with E-state index in [9.17, 15) is 13.2 Å². The lowest BCUT2D eigenvalue weighted by atomic mass is 10.1. The van der Waals surface area contributed by atoms with Gasteiger partial charge in [-0.05, 0) is 42.8 Å². The van der Waals surface area contributed by atoms with Gasteiger partial charge in [-0.3, -0.25) is 0 Å². The number of ether oxygens (including phenoxy) is 1. The first-order chi connectivity index (χ1) is 15.2. The van der Waals surface area contributed by atoms with E-state index in [0.29, 0.717) is 21.9 Å². The van der Waals surface area contributed by atoms with Crippen molar-refractivity contribution in [2.24, 2.45) is 0 Å². The van der Waals surface area contributed by atoms with E-state index in [1.807, 2.05) is 23.8 Å². The van der Waals surface area contributed by atoms with Crippen molar-refractivity contribution in [3.8, 4) is 22.7 Å². The number of hydrogen-bond donors (Lipinski definition) is 0. The van der Waals surface area contributed by atoms with Crippen molar-refractivity contribution in [2.45, 2.75) is 19.5 Å². The van der Waals surface area contributed by atoms with E-state index < -0.39 is 11.9 Å². The number of aryl methyl sites for hydroxylation is 1. The van der Waals surface area contributed by atoms with Crippen LogP contribution in [0.25, 0.3) is 16.9 Å². The van der Waals surface area contributed by atoms with Crippen molar-refractivity contribution in [1.29, 1.82) is 0 Å². The zero-order valence-electron chi connectivity index (χ0n) is 17.2. The predicted molar refractivity (Wildman–Crippen MR) is 115 cm³/mol. The van der Waals surface area contributed by atoms with Crippen LogP contribution in [0, 0.1) is 6.92 Å². The fourth-order valence-corrected chi connectivity index (χ4v) is 3.40. The molecule has 0 saturated carbocycles. The normalized spacial score (nSPS) is 11.6. The molecule has 2 aromatic heterocycles. The van der Waals surface area contributed by atoms with E-state index in [-0.39, 0.29) is 17.9 Å². The lowest BCUT2D eigenvalue weighted by Crippen LogP contribution is -2.12. The molecule has 4 aromatic rings. The SMILES string of the molecule is COc1cc(Cc2nc(-c3ccc(Cl)cc3)cc(C(F)(F)F)n2)ccc1-n1cnc(C)c1. The Labute approximate surface area is 187 Å². The van der Waals surface area contributed by atoms with Crippen LogP contribution >= 0.6 is 11.6 Å². The summed E-state index contributed by atoms with van der Waals surface area (Å²) in [4.78, 5) is 12.3. The number of alkyl halides is 3. The Hall–Kier alpha value is -3.39. The number of methoxy groups -OCH3 is 1. The summed E-state index contributed by atoms with van der Waals surface area (Å²) in [5.74, 6) is 0.614. The molecule has 0 amide bonds. The largest absolute Gasteiger partial charge is 0.495 e. The van der Waals surface area contributed by atoms with Crippen LogP contribution in [-0.2, 0) is 12.6 Å². The zero-order valence-corrected chi connectivity index (χ0v) is 17.9. The lowest BCUT2D eigenvalue weighted by molar-refractivity contribution is -0.141. The minimum absolute atomic E-state index is 0.0538. The van der Waals surface area contributed by atoms with Gasteiger partial charge in [-0.2, -0.15) is 13.2 Å². The minimum atomic E-state index is -4.60. The van der Waals surface area contributed by atoms with Crippen molar-refractivity contribution in [2.75, 3.05) is 7.11 Å². The van der Waals surface area contributed by atoms with Crippen LogP contribution in [-0.4, -0.2) is 26.6 Å². The maximum atomic E-state index is 13.5. The molecule has 0 spiro atoms. The van der Waals surface area contributed by atoms with Gasteiger partial charge in [0.25, 0.3) is 0 Å². The van der Waals surface area contributed by atoms with Crippen LogP contribution in [0.4, 0.5) is 13.2 Å². The van der Waals surface area contributed by atoms with Crippen LogP contribution in [0.15, 0.2) is 61.1 Å². The highest BCUT2D eigenvalue weighted by molar-refractivity contribution is 6.30. The first kappa shape index (κ1) is 21.8. The molecule has 2 heterocycles. The van der Waals surface area contributed by atoms with Crippen molar-refractivity contribution in [3.63, 3.8) is 0 Å². The highest BCUT2D eigenvalue weighted by atomic mass is 35.5. The number of halogens is 4. The molecular weight excluding hydrogens is 441 g/mol. The van der Waals surface area contributed by atoms with Crippen LogP contribution in [0.2, 0.25) is 5.02 Å². The number of aromatic nitrogens is 4. The molecule has 0 aliphatic carbocycles. The molecule has 32 heavy (non-hydrogen) atoms. The first-order valence-electron chi connectivity index (χ1n) is 9.62. The molecular formula is C23H18ClF3N4O. The smallest absolute Gasteiger partial charge is 0.433 e. The molecule has 0 aliphatic heterocycles. The average molecular weight is 459 g/mol. The average Bonchev–Trinajstić information content (AvgIpc) is 3.19. The second-order valence-corrected chi connectivity index (χ2v) is 7.60. The molecule has 0 radical (unpaired) electrons. The van der Waals surface area contributed by atoms with Crippen LogP contribution in [0.5, 0.6) is 5.75 Å². The second-order valence-electron chi connectivity index (χ2n) is 7.16. The van der Waals surface area contributed by atoms with E-state index in [2.05, 4.69) is 15.0 Å². The molecule has 9 heteroatoms. The summed E-state index contributed by atoms with van der Waals surface area (Å²) in [6.45, 7) is 1.88. The van der Waals surface area contributed by atoms with E-state index >= 15 is 0 Å². The fourth-order valence-electron chi connectivity index (χ4n) is 3.27. The highest BCUT2D eigenvalue weighted by Gasteiger charge is 2.33. The molecule has 0 N–H and O–H groups in total. The van der Waals surface area contributed by atoms with Crippen molar-refractivity contribution < 1.29 is 17.9 Å². The van der Waals surface area contributed by atoms with Gasteiger partial charge in [0.15, 0.2) is 0 Å². The third-order valence-electron chi connectivity index (χ3n) is 4.80. The molecule has 0 atom stereocenters. The molecule has 164 valence electrons. The third-order valence-corrected chi connectivity index (χ3v) is 5.05. The Morgan fingerprint density at radius 2 is 1.78 bits per heavy atom. The quantitative estimate of drug-likeness (QED) is 0.373. The summed E-state index contributed by atoms with van der Waals surface area (Å²) >= 11 is 5.90. The Bertz CT molecular complexity index is 1250. The van der Waals surface area contributed by atoms with Gasteiger partial charge in [0, 0.05) is 23.2 Å². The molecule has 4 rings (SSSR count). The van der Waals surface area contributed by atoms with Crippen molar-refractivity contribution in [1.82, 2.24) is 19.5 Å². The molecule has 0 bridgehead atoms. The van der Waals surface area contributed by atoms with Gasteiger partial charge in [-0.25, -0.2) is 15.0 Å². The lowest BCUT2D eigenvalue weighted by Gasteiger charge is -2.13. The maximum Gasteiger partial charge on any atom is 0.433 e. The number of imidazole rings is 1. The number of hydrogen-bond acceptors (Lipinski definition) is 4. The predicted octanol–water partition coefficient (Wildman–Crippen LogP) is 5.91. The molecule has 5 nitrogen and oxygen atoms in total. The third kappa shape index (κ3) is 4.75. The molecule has 0 fully saturated rings. The van der Waals surface area contributed by atoms with Crippen LogP contribution < -0.4 is 4.74 Å². The summed E-state index contributed by atoms with van der Waals surface area (Å²) in [5.41, 5.74) is 2.03. The van der Waals surface area contributed by atoms with Gasteiger partial charge in [-0.1, -0.05) is 29.8 Å². The molecule has 0 unspecified atom stereocenters. The number of rotatable bonds is 5. The fraction of sp³-hybridized carbons (Fsp3) is 0.174. The van der Waals surface area contributed by atoms with Crippen molar-refractivity contribution >= 4 is 11.6 Å². The van der Waals surface area contributed by atoms with Gasteiger partial charge in [0.05, 0.1) is 30.5 Å². The van der Waals surface area contributed by atoms with Crippen LogP contribution in [0.1, 0.15) is 22.8 Å². The molecule has 0 saturated heterocycles. The van der Waals surface area contributed by atoms with E-state index in [4.69, 9.17) is 16.3 Å². The van der Waals surface area contributed by atoms with E-state index in [1.54, 1.807) is 42.7 Å². The Morgan fingerprint density at radius 1 is 1.03 bits per heavy atom. The maximum absolute atomic E-state index is 13.5. The topological polar surface area (TPSA) is 52.8 Å². The minimum Gasteiger partial charge on any atom is -0.495 e. The van der Waals surface area contributed by atoms with Crippen LogP contribution in [0.3, 0.4) is 0 Å². The zero-order chi connectivity index (χ0) is 22.9. The van der Waals surface area contributed by atoms with E-state index in [0.717, 1.165) is 17.4 Å². The standard InChI is InChI=1S/C23H18ClF3N4O/c1-14-12-31(13-28-14)19-8-3-15(9-20(19)32-2)10-22-29-18(11-21(30-22)23(25,26)27)16-4-6-17(24)7-5-16/h3-9,11-13H,10H2,1-2H3. The van der Waals surface area contributed by atoms with Gasteiger partial charge < -0.3 is 9.30 Å². The number of benzene rings is 2. The van der Waals surface area contributed by atoms with E-state index in [1.165, 1.54) is 7.11 Å². The monoisotopic (exact) mass is 458 g/mol. The summed E-state index contributed by atoms with van der Waals surface area (Å²) < 4.78 is 47.8. The number of nitrogens with zero attached hydrogens (tertiary/aromatic N) is 4. The highest BCUT2D eigenvalue weighted by Crippen LogP contribution is 2.31. The van der Waals surface area contributed by atoms with Gasteiger partial charge in [0.2, 0.25) is 0 Å². The van der Waals surface area contributed by atoms with Gasteiger partial charge in [-0.15, -0.1) is 0 Å². The van der Waals surface area contributed by atoms with Crippen molar-refractivity contribution in [3.05, 3.63) is 88.9 Å². The summed E-state index contributed by atoms with van der Waals surface area (Å²) in [5, 5.41) is 0.486. The second kappa shape index (κ2) is 8.63. The summed E-state index contributed by atoms with van der Waals surface area (Å²) in [6, 6.07) is 12.8. The molecule has 0 aliphatic rings. The molecule has 2 aromatic carbocycles. The summed E-state index contributed by atoms with van der Waals surface area (Å²) in [6.07, 6.45) is -0.975.